The van der Waals surface area contributed by atoms with Gasteiger partial charge in [-0.1, -0.05) is 6.92 Å². The van der Waals surface area contributed by atoms with Crippen molar-refractivity contribution in [3.8, 4) is 0 Å². The third-order valence-corrected chi connectivity index (χ3v) is 3.94. The molecule has 0 unspecified atom stereocenters. The summed E-state index contributed by atoms with van der Waals surface area (Å²) >= 11 is 0. The highest BCUT2D eigenvalue weighted by Gasteiger charge is 2.52. The standard InChI is InChI=1S/C13H23N3O2/c1-9-4-6-13(7-5-9)10(17)16(11(18)15-13)8-12(2,3)14/h9H,4-8,14H2,1-3H3,(H,15,18). The van der Waals surface area contributed by atoms with Crippen molar-refractivity contribution in [1.82, 2.24) is 10.2 Å². The predicted molar refractivity (Wildman–Crippen MR) is 68.9 cm³/mol. The van der Waals surface area contributed by atoms with Gasteiger partial charge >= 0.3 is 6.03 Å². The van der Waals surface area contributed by atoms with Crippen molar-refractivity contribution in [3.63, 3.8) is 0 Å². The van der Waals surface area contributed by atoms with Crippen molar-refractivity contribution in [2.24, 2.45) is 11.7 Å². The van der Waals surface area contributed by atoms with Crippen LogP contribution >= 0.6 is 0 Å². The largest absolute Gasteiger partial charge is 0.325 e. The van der Waals surface area contributed by atoms with Crippen LogP contribution in [0.1, 0.15) is 46.5 Å². The SMILES string of the molecule is CC1CCC2(CC1)NC(=O)N(CC(C)(C)N)C2=O. The highest BCUT2D eigenvalue weighted by atomic mass is 16.2. The molecular formula is C13H23N3O2. The van der Waals surface area contributed by atoms with E-state index in [0.29, 0.717) is 5.92 Å². The molecule has 102 valence electrons. The van der Waals surface area contributed by atoms with Gasteiger partial charge in [-0.2, -0.15) is 0 Å². The Labute approximate surface area is 108 Å². The van der Waals surface area contributed by atoms with Crippen LogP contribution in [-0.2, 0) is 4.79 Å². The summed E-state index contributed by atoms with van der Waals surface area (Å²) in [6, 6.07) is -0.284. The maximum atomic E-state index is 12.5. The van der Waals surface area contributed by atoms with Gasteiger partial charge in [-0.05, 0) is 45.4 Å². The predicted octanol–water partition coefficient (Wildman–Crippen LogP) is 1.22. The summed E-state index contributed by atoms with van der Waals surface area (Å²) in [6.07, 6.45) is 3.48. The molecule has 5 heteroatoms. The van der Waals surface area contributed by atoms with Gasteiger partial charge in [0.05, 0.1) is 0 Å². The van der Waals surface area contributed by atoms with E-state index in [4.69, 9.17) is 5.73 Å². The maximum Gasteiger partial charge on any atom is 0.325 e. The van der Waals surface area contributed by atoms with E-state index < -0.39 is 11.1 Å². The molecule has 0 bridgehead atoms. The van der Waals surface area contributed by atoms with Crippen LogP contribution in [-0.4, -0.2) is 34.5 Å². The second kappa shape index (κ2) is 4.23. The van der Waals surface area contributed by atoms with E-state index in [2.05, 4.69) is 12.2 Å². The molecule has 3 N–H and O–H groups in total. The minimum Gasteiger partial charge on any atom is -0.324 e. The first-order chi connectivity index (χ1) is 8.23. The number of hydrogen-bond donors (Lipinski definition) is 2. The van der Waals surface area contributed by atoms with Gasteiger partial charge in [0.15, 0.2) is 0 Å². The van der Waals surface area contributed by atoms with Crippen molar-refractivity contribution in [3.05, 3.63) is 0 Å². The van der Waals surface area contributed by atoms with E-state index in [1.165, 1.54) is 4.90 Å². The molecule has 0 atom stereocenters. The van der Waals surface area contributed by atoms with Gasteiger partial charge in [-0.25, -0.2) is 4.79 Å². The van der Waals surface area contributed by atoms with Gasteiger partial charge in [0, 0.05) is 12.1 Å². The highest BCUT2D eigenvalue weighted by Crippen LogP contribution is 2.36. The van der Waals surface area contributed by atoms with Gasteiger partial charge in [-0.15, -0.1) is 0 Å². The fourth-order valence-electron chi connectivity index (χ4n) is 2.82. The van der Waals surface area contributed by atoms with Gasteiger partial charge in [0.25, 0.3) is 5.91 Å². The average molecular weight is 253 g/mol. The molecule has 2 aliphatic rings. The molecule has 1 saturated carbocycles. The maximum absolute atomic E-state index is 12.5. The van der Waals surface area contributed by atoms with Crippen molar-refractivity contribution in [2.75, 3.05) is 6.54 Å². The number of amides is 3. The smallest absolute Gasteiger partial charge is 0.324 e. The first-order valence-corrected chi connectivity index (χ1v) is 6.66. The van der Waals surface area contributed by atoms with E-state index in [0.717, 1.165) is 25.7 Å². The van der Waals surface area contributed by atoms with Crippen LogP contribution in [0.3, 0.4) is 0 Å². The molecular weight excluding hydrogens is 230 g/mol. The minimum atomic E-state index is -0.644. The summed E-state index contributed by atoms with van der Waals surface area (Å²) in [5.41, 5.74) is 4.71. The molecule has 1 spiro atoms. The summed E-state index contributed by atoms with van der Waals surface area (Å²) in [5.74, 6) is 0.554. The quantitative estimate of drug-likeness (QED) is 0.727. The number of imide groups is 1. The number of carbonyl (C=O) groups excluding carboxylic acids is 2. The molecule has 0 radical (unpaired) electrons. The monoisotopic (exact) mass is 253 g/mol. The van der Waals surface area contributed by atoms with E-state index >= 15 is 0 Å². The van der Waals surface area contributed by atoms with Gasteiger partial charge in [0.1, 0.15) is 5.54 Å². The van der Waals surface area contributed by atoms with Crippen molar-refractivity contribution < 1.29 is 9.59 Å². The summed E-state index contributed by atoms with van der Waals surface area (Å²) in [6.45, 7) is 6.10. The Morgan fingerprint density at radius 3 is 2.44 bits per heavy atom. The van der Waals surface area contributed by atoms with Crippen molar-refractivity contribution in [2.45, 2.75) is 57.5 Å². The Hall–Kier alpha value is -1.10. The Morgan fingerprint density at radius 1 is 1.39 bits per heavy atom. The number of carbonyl (C=O) groups is 2. The molecule has 0 aromatic carbocycles. The van der Waals surface area contributed by atoms with Crippen LogP contribution in [0, 0.1) is 5.92 Å². The number of hydrogen-bond acceptors (Lipinski definition) is 3. The van der Waals surface area contributed by atoms with Crippen molar-refractivity contribution >= 4 is 11.9 Å². The number of rotatable bonds is 2. The lowest BCUT2D eigenvalue weighted by Gasteiger charge is -2.34. The van der Waals surface area contributed by atoms with Crippen LogP contribution in [0.25, 0.3) is 0 Å². The Morgan fingerprint density at radius 2 is 1.94 bits per heavy atom. The fraction of sp³-hybridized carbons (Fsp3) is 0.846. The molecule has 3 amide bonds. The van der Waals surface area contributed by atoms with Crippen LogP contribution in [0.5, 0.6) is 0 Å². The third-order valence-electron chi connectivity index (χ3n) is 3.94. The number of nitrogens with one attached hydrogen (secondary N) is 1. The first kappa shape index (κ1) is 13.3. The van der Waals surface area contributed by atoms with Crippen LogP contribution in [0.2, 0.25) is 0 Å². The molecule has 0 aromatic rings. The van der Waals surface area contributed by atoms with E-state index in [1.54, 1.807) is 0 Å². The minimum absolute atomic E-state index is 0.0853. The summed E-state index contributed by atoms with van der Waals surface area (Å²) < 4.78 is 0. The van der Waals surface area contributed by atoms with Gasteiger partial charge < -0.3 is 11.1 Å². The molecule has 2 rings (SSSR count). The van der Waals surface area contributed by atoms with Crippen LogP contribution in [0.15, 0.2) is 0 Å². The van der Waals surface area contributed by atoms with Crippen LogP contribution < -0.4 is 11.1 Å². The Balaban J connectivity index is 2.14. The first-order valence-electron chi connectivity index (χ1n) is 6.66. The number of nitrogens with zero attached hydrogens (tertiary/aromatic N) is 1. The lowest BCUT2D eigenvalue weighted by molar-refractivity contribution is -0.133. The second-order valence-electron chi connectivity index (χ2n) is 6.57. The fourth-order valence-corrected chi connectivity index (χ4v) is 2.82. The third kappa shape index (κ3) is 2.36. The molecule has 18 heavy (non-hydrogen) atoms. The van der Waals surface area contributed by atoms with E-state index in [-0.39, 0.29) is 18.5 Å². The highest BCUT2D eigenvalue weighted by molar-refractivity contribution is 6.07. The number of urea groups is 1. The average Bonchev–Trinajstić information content (AvgIpc) is 2.47. The zero-order valence-corrected chi connectivity index (χ0v) is 11.5. The lowest BCUT2D eigenvalue weighted by atomic mass is 9.77. The molecule has 1 saturated heterocycles. The Bertz CT molecular complexity index is 365. The molecule has 2 fully saturated rings. The second-order valence-corrected chi connectivity index (χ2v) is 6.57. The number of nitrogens with two attached hydrogens (primary N) is 1. The van der Waals surface area contributed by atoms with E-state index in [9.17, 15) is 9.59 Å². The summed E-state index contributed by atoms with van der Waals surface area (Å²) in [5, 5.41) is 2.89. The summed E-state index contributed by atoms with van der Waals surface area (Å²) in [7, 11) is 0. The Kier molecular flexibility index (Phi) is 3.13. The zero-order chi connectivity index (χ0) is 13.6. The summed E-state index contributed by atoms with van der Waals surface area (Å²) in [4.78, 5) is 25.7. The van der Waals surface area contributed by atoms with Crippen LogP contribution in [0.4, 0.5) is 4.79 Å². The molecule has 1 aliphatic carbocycles. The van der Waals surface area contributed by atoms with Gasteiger partial charge in [0.2, 0.25) is 0 Å². The molecule has 1 heterocycles. The van der Waals surface area contributed by atoms with Crippen molar-refractivity contribution in [1.29, 1.82) is 0 Å². The zero-order valence-electron chi connectivity index (χ0n) is 11.5. The van der Waals surface area contributed by atoms with E-state index in [1.807, 2.05) is 13.8 Å². The van der Waals surface area contributed by atoms with Gasteiger partial charge in [-0.3, -0.25) is 9.69 Å². The topological polar surface area (TPSA) is 75.4 Å². The normalized spacial score (nSPS) is 33.1. The molecule has 5 nitrogen and oxygen atoms in total. The lowest BCUT2D eigenvalue weighted by Crippen LogP contribution is -2.51. The molecule has 0 aromatic heterocycles. The molecule has 1 aliphatic heterocycles.